The summed E-state index contributed by atoms with van der Waals surface area (Å²) in [7, 11) is 3.60. The fourth-order valence-corrected chi connectivity index (χ4v) is 0.601. The molecule has 0 aliphatic carbocycles. The lowest BCUT2D eigenvalue weighted by Gasteiger charge is -2.07. The largest absolute Gasteiger partial charge is 0.478 e. The van der Waals surface area contributed by atoms with Crippen molar-refractivity contribution in [1.82, 2.24) is 4.90 Å². The molecule has 0 aliphatic heterocycles. The van der Waals surface area contributed by atoms with Crippen LogP contribution in [0, 0.1) is 0 Å². The highest BCUT2D eigenvalue weighted by atomic mass is 16.4. The first-order chi connectivity index (χ1) is 7.22. The Hall–Kier alpha value is -1.62. The minimum absolute atomic E-state index is 0.222. The Labute approximate surface area is 95.7 Å². The number of carbonyl (C=O) groups is 2. The molecule has 0 aromatic heterocycles. The van der Waals surface area contributed by atoms with Gasteiger partial charge in [0.2, 0.25) is 0 Å². The van der Waals surface area contributed by atoms with Crippen LogP contribution < -0.4 is 0 Å². The van der Waals surface area contributed by atoms with E-state index in [1.807, 2.05) is 0 Å². The molecule has 92 valence electrons. The molecule has 0 saturated heterocycles. The summed E-state index contributed by atoms with van der Waals surface area (Å²) in [6, 6.07) is 0. The van der Waals surface area contributed by atoms with E-state index < -0.39 is 11.9 Å². The topological polar surface area (TPSA) is 77.8 Å². The van der Waals surface area contributed by atoms with Gasteiger partial charge in [-0.15, -0.1) is 0 Å². The van der Waals surface area contributed by atoms with Crippen LogP contribution in [0.2, 0.25) is 0 Å². The van der Waals surface area contributed by atoms with E-state index >= 15 is 0 Å². The van der Waals surface area contributed by atoms with E-state index in [1.165, 1.54) is 0 Å². The van der Waals surface area contributed by atoms with E-state index in [0.717, 1.165) is 0 Å². The average Bonchev–Trinajstić information content (AvgIpc) is 2.16. The monoisotopic (exact) mass is 229 g/mol. The molecule has 0 bridgehead atoms. The van der Waals surface area contributed by atoms with E-state index in [0.29, 0.717) is 13.0 Å². The van der Waals surface area contributed by atoms with Crippen molar-refractivity contribution in [2.24, 2.45) is 0 Å². The maximum Gasteiger partial charge on any atom is 0.332 e. The van der Waals surface area contributed by atoms with E-state index in [1.54, 1.807) is 25.9 Å². The number of carboxylic acid groups (broad SMARTS) is 2. The van der Waals surface area contributed by atoms with E-state index in [-0.39, 0.29) is 11.1 Å². The zero-order valence-corrected chi connectivity index (χ0v) is 9.99. The van der Waals surface area contributed by atoms with Crippen molar-refractivity contribution in [3.05, 3.63) is 24.3 Å². The molecule has 0 saturated carbocycles. The van der Waals surface area contributed by atoms with Crippen LogP contribution in [0.5, 0.6) is 0 Å². The summed E-state index contributed by atoms with van der Waals surface area (Å²) in [5, 5.41) is 16.4. The molecule has 16 heavy (non-hydrogen) atoms. The standard InChI is InChI=1S/C6H11NO2.C5H8O2/c1-5(6(8)9)4-7(2)3;1-3-4(2)5(6)7/h1,4H2,2-3H3,(H,8,9);2-3H2,1H3,(H,6,7). The Morgan fingerprint density at radius 1 is 1.06 bits per heavy atom. The SMILES string of the molecule is C=C(CC)C(=O)O.C=C(CN(C)C)C(=O)O. The van der Waals surface area contributed by atoms with Gasteiger partial charge in [0.25, 0.3) is 0 Å². The summed E-state index contributed by atoms with van der Waals surface area (Å²) in [5.74, 6) is -1.83. The Bertz CT molecular complexity index is 282. The molecular formula is C11H19NO4. The van der Waals surface area contributed by atoms with Crippen molar-refractivity contribution < 1.29 is 19.8 Å². The van der Waals surface area contributed by atoms with Crippen molar-refractivity contribution in [2.75, 3.05) is 20.6 Å². The lowest BCUT2D eigenvalue weighted by atomic mass is 10.2. The average molecular weight is 229 g/mol. The van der Waals surface area contributed by atoms with Crippen molar-refractivity contribution in [3.63, 3.8) is 0 Å². The maximum absolute atomic E-state index is 10.1. The van der Waals surface area contributed by atoms with Gasteiger partial charge in [0.05, 0.1) is 0 Å². The Morgan fingerprint density at radius 3 is 1.50 bits per heavy atom. The molecule has 0 aromatic rings. The normalized spacial score (nSPS) is 9.00. The molecular weight excluding hydrogens is 210 g/mol. The first-order valence-electron chi connectivity index (χ1n) is 4.69. The third kappa shape index (κ3) is 10.5. The number of hydrogen-bond donors (Lipinski definition) is 2. The summed E-state index contributed by atoms with van der Waals surface area (Å²) < 4.78 is 0. The van der Waals surface area contributed by atoms with Crippen LogP contribution in [0.4, 0.5) is 0 Å². The summed E-state index contributed by atoms with van der Waals surface area (Å²) in [6.07, 6.45) is 0.523. The van der Waals surface area contributed by atoms with Gasteiger partial charge >= 0.3 is 11.9 Å². The number of aliphatic carboxylic acids is 2. The van der Waals surface area contributed by atoms with Gasteiger partial charge in [-0.1, -0.05) is 20.1 Å². The van der Waals surface area contributed by atoms with Crippen molar-refractivity contribution >= 4 is 11.9 Å². The molecule has 0 rings (SSSR count). The second kappa shape index (κ2) is 8.67. The number of hydrogen-bond acceptors (Lipinski definition) is 3. The van der Waals surface area contributed by atoms with Gasteiger partial charge in [-0.25, -0.2) is 9.59 Å². The molecule has 0 aromatic carbocycles. The minimum atomic E-state index is -0.927. The van der Waals surface area contributed by atoms with E-state index in [9.17, 15) is 9.59 Å². The maximum atomic E-state index is 10.1. The van der Waals surface area contributed by atoms with Gasteiger partial charge in [-0.3, -0.25) is 0 Å². The highest BCUT2D eigenvalue weighted by Gasteiger charge is 2.03. The molecule has 0 spiro atoms. The third-order valence-electron chi connectivity index (χ3n) is 1.54. The smallest absolute Gasteiger partial charge is 0.332 e. The summed E-state index contributed by atoms with van der Waals surface area (Å²) >= 11 is 0. The van der Waals surface area contributed by atoms with Gasteiger partial charge in [0.1, 0.15) is 0 Å². The second-order valence-corrected chi connectivity index (χ2v) is 3.41. The van der Waals surface area contributed by atoms with Gasteiger partial charge in [-0.05, 0) is 20.5 Å². The predicted octanol–water partition coefficient (Wildman–Crippen LogP) is 1.23. The molecule has 0 radical (unpaired) electrons. The number of rotatable bonds is 5. The molecule has 5 nitrogen and oxygen atoms in total. The fraction of sp³-hybridized carbons (Fsp3) is 0.455. The van der Waals surface area contributed by atoms with Crippen LogP contribution in [0.25, 0.3) is 0 Å². The number of carboxylic acids is 2. The quantitative estimate of drug-likeness (QED) is 0.693. The molecule has 2 N–H and O–H groups in total. The summed E-state index contributed by atoms with van der Waals surface area (Å²) in [5.41, 5.74) is 0.486. The zero-order chi connectivity index (χ0) is 13.3. The molecule has 0 heterocycles. The Morgan fingerprint density at radius 2 is 1.44 bits per heavy atom. The molecule has 0 atom stereocenters. The van der Waals surface area contributed by atoms with Gasteiger partial charge in [0, 0.05) is 17.7 Å². The molecule has 0 amide bonds. The first kappa shape index (κ1) is 16.8. The van der Waals surface area contributed by atoms with Crippen LogP contribution >= 0.6 is 0 Å². The number of nitrogens with zero attached hydrogens (tertiary/aromatic N) is 1. The third-order valence-corrected chi connectivity index (χ3v) is 1.54. The van der Waals surface area contributed by atoms with Crippen LogP contribution in [0.1, 0.15) is 13.3 Å². The van der Waals surface area contributed by atoms with Gasteiger partial charge in [-0.2, -0.15) is 0 Å². The number of likely N-dealkylation sites (N-methyl/N-ethyl adjacent to an activating group) is 1. The molecule has 5 heteroatoms. The van der Waals surface area contributed by atoms with E-state index in [4.69, 9.17) is 10.2 Å². The first-order valence-corrected chi connectivity index (χ1v) is 4.69. The van der Waals surface area contributed by atoms with Crippen LogP contribution in [-0.4, -0.2) is 47.7 Å². The van der Waals surface area contributed by atoms with Crippen molar-refractivity contribution in [3.8, 4) is 0 Å². The second-order valence-electron chi connectivity index (χ2n) is 3.41. The predicted molar refractivity (Wildman–Crippen MR) is 62.4 cm³/mol. The lowest BCUT2D eigenvalue weighted by Crippen LogP contribution is -2.18. The highest BCUT2D eigenvalue weighted by Crippen LogP contribution is 1.93. The summed E-state index contributed by atoms with van der Waals surface area (Å²) in [4.78, 5) is 21.7. The highest BCUT2D eigenvalue weighted by molar-refractivity contribution is 5.86. The molecule has 0 unspecified atom stereocenters. The Balaban J connectivity index is 0. The van der Waals surface area contributed by atoms with Crippen LogP contribution in [-0.2, 0) is 9.59 Å². The van der Waals surface area contributed by atoms with Gasteiger partial charge in [0.15, 0.2) is 0 Å². The van der Waals surface area contributed by atoms with Crippen LogP contribution in [0.3, 0.4) is 0 Å². The van der Waals surface area contributed by atoms with Gasteiger partial charge < -0.3 is 15.1 Å². The molecule has 0 fully saturated rings. The fourth-order valence-electron chi connectivity index (χ4n) is 0.601. The van der Waals surface area contributed by atoms with Crippen LogP contribution in [0.15, 0.2) is 24.3 Å². The Kier molecular flexibility index (Phi) is 9.10. The van der Waals surface area contributed by atoms with E-state index in [2.05, 4.69) is 13.2 Å². The molecule has 0 aliphatic rings. The van der Waals surface area contributed by atoms with Crippen molar-refractivity contribution in [2.45, 2.75) is 13.3 Å². The minimum Gasteiger partial charge on any atom is -0.478 e. The lowest BCUT2D eigenvalue weighted by molar-refractivity contribution is -0.133. The summed E-state index contributed by atoms with van der Waals surface area (Å²) in [6.45, 7) is 8.80. The van der Waals surface area contributed by atoms with Crippen molar-refractivity contribution in [1.29, 1.82) is 0 Å². The zero-order valence-electron chi connectivity index (χ0n) is 9.99.